The summed E-state index contributed by atoms with van der Waals surface area (Å²) in [6.45, 7) is 10.3. The lowest BCUT2D eigenvalue weighted by atomic mass is 10.3. The average molecular weight is 366 g/mol. The van der Waals surface area contributed by atoms with E-state index in [1.54, 1.807) is 24.3 Å². The largest absolute Gasteiger partial charge is 0.425 e. The molecule has 1 aromatic rings. The van der Waals surface area contributed by atoms with Gasteiger partial charge in [-0.15, -0.1) is 0 Å². The van der Waals surface area contributed by atoms with Gasteiger partial charge >= 0.3 is 18.1 Å². The number of urea groups is 2. The van der Waals surface area contributed by atoms with Crippen molar-refractivity contribution >= 4 is 30.0 Å². The van der Waals surface area contributed by atoms with Crippen molar-refractivity contribution in [3.8, 4) is 5.75 Å². The molecule has 0 heterocycles. The third-order valence-corrected chi connectivity index (χ3v) is 3.92. The lowest BCUT2D eigenvalue weighted by Gasteiger charge is -2.28. The normalized spacial score (nSPS) is 10.8. The number of ether oxygens (including phenoxy) is 1. The minimum atomic E-state index is -0.710. The lowest BCUT2D eigenvalue weighted by molar-refractivity contribution is 0.173. The van der Waals surface area contributed by atoms with E-state index in [0.29, 0.717) is 23.7 Å². The Bertz CT molecular complexity index is 598. The van der Waals surface area contributed by atoms with Gasteiger partial charge in [0.05, 0.1) is 0 Å². The number of hydrogen-bond donors (Lipinski definition) is 2. The van der Waals surface area contributed by atoms with Crippen LogP contribution in [0.5, 0.6) is 5.75 Å². The molecule has 0 saturated carbocycles. The summed E-state index contributed by atoms with van der Waals surface area (Å²) in [4.78, 5) is 27.3. The molecule has 0 aliphatic rings. The lowest BCUT2D eigenvalue weighted by Crippen LogP contribution is -2.53. The zero-order valence-corrected chi connectivity index (χ0v) is 16.1. The topological polar surface area (TPSA) is 85.7 Å². The number of rotatable bonds is 4. The van der Waals surface area contributed by atoms with Gasteiger partial charge in [0.2, 0.25) is 0 Å². The highest BCUT2D eigenvalue weighted by Gasteiger charge is 2.31. The molecule has 0 radical (unpaired) electrons. The fourth-order valence-corrected chi connectivity index (χ4v) is 2.27. The molecule has 0 spiro atoms. The summed E-state index contributed by atoms with van der Waals surface area (Å²) in [5.74, 6) is 0.376. The molecule has 0 saturated heterocycles. The molecule has 2 N–H and O–H groups in total. The molecular weight excluding hydrogens is 340 g/mol. The van der Waals surface area contributed by atoms with E-state index in [-0.39, 0.29) is 4.75 Å². The minimum Gasteiger partial charge on any atom is -0.425 e. The molecule has 25 heavy (non-hydrogen) atoms. The molecule has 138 valence electrons. The Kier molecular flexibility index (Phi) is 7.76. The maximum atomic E-state index is 12.7. The van der Waals surface area contributed by atoms with Gasteiger partial charge in [-0.1, -0.05) is 18.2 Å². The molecule has 1 rings (SSSR count). The highest BCUT2D eigenvalue weighted by Crippen LogP contribution is 2.20. The summed E-state index contributed by atoms with van der Waals surface area (Å²) in [7, 11) is 0. The van der Waals surface area contributed by atoms with Gasteiger partial charge < -0.3 is 9.64 Å². The molecule has 0 aliphatic heterocycles. The zero-order chi connectivity index (χ0) is 19.0. The average Bonchev–Trinajstić information content (AvgIpc) is 2.54. The number of nitrogens with zero attached hydrogens (tertiary/aromatic N) is 2. The van der Waals surface area contributed by atoms with Crippen molar-refractivity contribution < 1.29 is 14.3 Å². The maximum absolute atomic E-state index is 12.7. The predicted molar refractivity (Wildman–Crippen MR) is 101 cm³/mol. The molecule has 8 heteroatoms. The SMILES string of the molecule is CCN(CC)C(=O)N(C(=N)Oc1ccccc1)C(=O)NSC(C)(C)C. The summed E-state index contributed by atoms with van der Waals surface area (Å²) in [6.07, 6.45) is 0. The third-order valence-electron chi connectivity index (χ3n) is 3.03. The van der Waals surface area contributed by atoms with Gasteiger partial charge in [-0.05, 0) is 58.7 Å². The van der Waals surface area contributed by atoms with Gasteiger partial charge in [0.25, 0.3) is 0 Å². The van der Waals surface area contributed by atoms with Crippen LogP contribution < -0.4 is 9.46 Å². The first-order valence-corrected chi connectivity index (χ1v) is 8.89. The summed E-state index contributed by atoms with van der Waals surface area (Å²) in [5.41, 5.74) is 0. The van der Waals surface area contributed by atoms with Gasteiger partial charge in [-0.2, -0.15) is 4.90 Å². The zero-order valence-electron chi connectivity index (χ0n) is 15.3. The van der Waals surface area contributed by atoms with Crippen LogP contribution in [0.2, 0.25) is 0 Å². The smallest absolute Gasteiger partial charge is 0.343 e. The van der Waals surface area contributed by atoms with E-state index in [9.17, 15) is 9.59 Å². The van der Waals surface area contributed by atoms with E-state index in [1.807, 2.05) is 40.7 Å². The third kappa shape index (κ3) is 6.66. The maximum Gasteiger partial charge on any atom is 0.343 e. The molecule has 0 aromatic heterocycles. The predicted octanol–water partition coefficient (Wildman–Crippen LogP) is 3.92. The van der Waals surface area contributed by atoms with Crippen molar-refractivity contribution in [1.82, 2.24) is 14.5 Å². The highest BCUT2D eigenvalue weighted by molar-refractivity contribution is 7.99. The summed E-state index contributed by atoms with van der Waals surface area (Å²) < 4.78 is 7.76. The van der Waals surface area contributed by atoms with Crippen LogP contribution >= 0.6 is 11.9 Å². The summed E-state index contributed by atoms with van der Waals surface area (Å²) >= 11 is 1.17. The van der Waals surface area contributed by atoms with E-state index < -0.39 is 18.1 Å². The van der Waals surface area contributed by atoms with Crippen LogP contribution in [0.1, 0.15) is 34.6 Å². The minimum absolute atomic E-state index is 0.234. The number of amides is 4. The Hall–Kier alpha value is -2.22. The first-order chi connectivity index (χ1) is 11.7. The second kappa shape index (κ2) is 9.31. The number of para-hydroxylation sites is 1. The van der Waals surface area contributed by atoms with Crippen molar-refractivity contribution in [3.05, 3.63) is 30.3 Å². The quantitative estimate of drug-likeness (QED) is 0.480. The van der Waals surface area contributed by atoms with Crippen molar-refractivity contribution in [2.75, 3.05) is 13.1 Å². The van der Waals surface area contributed by atoms with Crippen LogP contribution in [-0.4, -0.2) is 45.7 Å². The van der Waals surface area contributed by atoms with E-state index in [2.05, 4.69) is 4.72 Å². The van der Waals surface area contributed by atoms with Gasteiger partial charge in [-0.3, -0.25) is 10.1 Å². The first kappa shape index (κ1) is 20.8. The molecular formula is C17H26N4O3S. The molecule has 0 unspecified atom stereocenters. The van der Waals surface area contributed by atoms with E-state index >= 15 is 0 Å². The molecule has 4 amide bonds. The fraction of sp³-hybridized carbons (Fsp3) is 0.471. The fourth-order valence-electron chi connectivity index (χ4n) is 1.79. The molecule has 0 bridgehead atoms. The van der Waals surface area contributed by atoms with E-state index in [1.165, 1.54) is 16.8 Å². The Balaban J connectivity index is 2.99. The van der Waals surface area contributed by atoms with Crippen LogP contribution in [0.15, 0.2) is 30.3 Å². The Morgan fingerprint density at radius 3 is 2.20 bits per heavy atom. The molecule has 7 nitrogen and oxygen atoms in total. The number of nitrogens with one attached hydrogen (secondary N) is 2. The number of amidine groups is 1. The van der Waals surface area contributed by atoms with Crippen LogP contribution in [0.25, 0.3) is 0 Å². The van der Waals surface area contributed by atoms with Crippen molar-refractivity contribution in [1.29, 1.82) is 5.41 Å². The molecule has 0 fully saturated rings. The van der Waals surface area contributed by atoms with Crippen molar-refractivity contribution in [3.63, 3.8) is 0 Å². The summed E-state index contributed by atoms with van der Waals surface area (Å²) in [5, 5.41) is 8.11. The number of benzene rings is 1. The number of carbonyl (C=O) groups is 2. The second-order valence-electron chi connectivity index (χ2n) is 6.13. The first-order valence-electron chi connectivity index (χ1n) is 8.08. The number of hydrogen-bond acceptors (Lipinski definition) is 5. The van der Waals surface area contributed by atoms with Gasteiger partial charge in [0.1, 0.15) is 5.75 Å². The van der Waals surface area contributed by atoms with Gasteiger partial charge in [0.15, 0.2) is 0 Å². The second-order valence-corrected chi connectivity index (χ2v) is 7.77. The van der Waals surface area contributed by atoms with E-state index in [0.717, 1.165) is 0 Å². The van der Waals surface area contributed by atoms with Crippen LogP contribution in [0, 0.1) is 5.41 Å². The number of carbonyl (C=O) groups excluding carboxylic acids is 2. The number of imide groups is 1. The van der Waals surface area contributed by atoms with Crippen LogP contribution in [0.4, 0.5) is 9.59 Å². The Morgan fingerprint density at radius 2 is 1.72 bits per heavy atom. The van der Waals surface area contributed by atoms with Crippen LogP contribution in [-0.2, 0) is 0 Å². The van der Waals surface area contributed by atoms with Crippen molar-refractivity contribution in [2.45, 2.75) is 39.4 Å². The molecule has 0 atom stereocenters. The standard InChI is InChI=1S/C17H26N4O3S/c1-6-20(7-2)16(23)21(15(22)19-25-17(3,4)5)14(18)24-13-11-9-8-10-12-13/h8-12,18H,6-7H2,1-5H3,(H,19,22). The summed E-state index contributed by atoms with van der Waals surface area (Å²) in [6, 6.07) is 6.74. The van der Waals surface area contributed by atoms with E-state index in [4.69, 9.17) is 10.1 Å². The van der Waals surface area contributed by atoms with Gasteiger partial charge in [0, 0.05) is 17.8 Å². The molecule has 1 aromatic carbocycles. The monoisotopic (exact) mass is 366 g/mol. The van der Waals surface area contributed by atoms with Gasteiger partial charge in [-0.25, -0.2) is 9.59 Å². The molecule has 0 aliphatic carbocycles. The Morgan fingerprint density at radius 1 is 1.16 bits per heavy atom. The highest BCUT2D eigenvalue weighted by atomic mass is 32.2. The van der Waals surface area contributed by atoms with Crippen LogP contribution in [0.3, 0.4) is 0 Å². The Labute approximate surface area is 153 Å². The van der Waals surface area contributed by atoms with Crippen molar-refractivity contribution in [2.24, 2.45) is 0 Å².